The molecular weight excluding hydrogens is 485 g/mol. The van der Waals surface area contributed by atoms with E-state index in [9.17, 15) is 9.18 Å². The molecule has 3 aromatic rings. The summed E-state index contributed by atoms with van der Waals surface area (Å²) in [5.41, 5.74) is 2.90. The first kappa shape index (κ1) is 26.0. The SMILES string of the molecule is CCN1CCN(c2c(CN(C(=O)c3c(OC)cccc3OC)C3CC3)c(C)nn2-c2cccc(F)c2)CC1. The van der Waals surface area contributed by atoms with Gasteiger partial charge in [-0.05, 0) is 56.6 Å². The van der Waals surface area contributed by atoms with Gasteiger partial charge in [-0.25, -0.2) is 9.07 Å². The van der Waals surface area contributed by atoms with Crippen LogP contribution in [-0.2, 0) is 6.54 Å². The molecule has 2 aliphatic rings. The Morgan fingerprint density at radius 1 is 1.05 bits per heavy atom. The predicted octanol–water partition coefficient (Wildman–Crippen LogP) is 4.28. The van der Waals surface area contributed by atoms with E-state index in [1.54, 1.807) is 32.4 Å². The average molecular weight is 522 g/mol. The van der Waals surface area contributed by atoms with E-state index in [0.717, 1.165) is 62.6 Å². The third kappa shape index (κ3) is 5.07. The van der Waals surface area contributed by atoms with Crippen molar-refractivity contribution < 1.29 is 18.7 Å². The second-order valence-corrected chi connectivity index (χ2v) is 9.90. The molecule has 9 heteroatoms. The van der Waals surface area contributed by atoms with Gasteiger partial charge in [0.15, 0.2) is 0 Å². The van der Waals surface area contributed by atoms with Crippen LogP contribution in [0.15, 0.2) is 42.5 Å². The zero-order valence-corrected chi connectivity index (χ0v) is 22.6. The van der Waals surface area contributed by atoms with E-state index in [4.69, 9.17) is 14.6 Å². The van der Waals surface area contributed by atoms with Crippen LogP contribution in [0, 0.1) is 12.7 Å². The number of halogens is 1. The lowest BCUT2D eigenvalue weighted by molar-refractivity contribution is 0.0723. The summed E-state index contributed by atoms with van der Waals surface area (Å²) in [6.45, 7) is 9.09. The molecule has 5 rings (SSSR count). The predicted molar refractivity (Wildman–Crippen MR) is 145 cm³/mol. The molecule has 0 bridgehead atoms. The quantitative estimate of drug-likeness (QED) is 0.419. The number of ether oxygens (including phenoxy) is 2. The number of aryl methyl sites for hydroxylation is 1. The number of carbonyl (C=O) groups excluding carboxylic acids is 1. The van der Waals surface area contributed by atoms with Crippen LogP contribution in [0.3, 0.4) is 0 Å². The van der Waals surface area contributed by atoms with Crippen LogP contribution in [0.5, 0.6) is 11.5 Å². The number of piperazine rings is 1. The average Bonchev–Trinajstić information content (AvgIpc) is 3.73. The lowest BCUT2D eigenvalue weighted by atomic mass is 10.1. The number of amides is 1. The van der Waals surface area contributed by atoms with Crippen LogP contribution < -0.4 is 14.4 Å². The molecule has 2 fully saturated rings. The van der Waals surface area contributed by atoms with Crippen LogP contribution in [-0.4, -0.2) is 78.5 Å². The number of anilines is 1. The van der Waals surface area contributed by atoms with Gasteiger partial charge < -0.3 is 24.2 Å². The number of rotatable bonds is 9. The summed E-state index contributed by atoms with van der Waals surface area (Å²) >= 11 is 0. The highest BCUT2D eigenvalue weighted by molar-refractivity contribution is 6.00. The van der Waals surface area contributed by atoms with Gasteiger partial charge in [0.2, 0.25) is 0 Å². The minimum atomic E-state index is -0.308. The fourth-order valence-electron chi connectivity index (χ4n) is 5.25. The van der Waals surface area contributed by atoms with Crippen molar-refractivity contribution in [1.82, 2.24) is 19.6 Å². The van der Waals surface area contributed by atoms with Gasteiger partial charge >= 0.3 is 0 Å². The molecule has 1 aliphatic heterocycles. The smallest absolute Gasteiger partial charge is 0.261 e. The van der Waals surface area contributed by atoms with Gasteiger partial charge in [0.1, 0.15) is 28.7 Å². The van der Waals surface area contributed by atoms with E-state index in [-0.39, 0.29) is 17.8 Å². The Balaban J connectivity index is 1.57. The molecule has 202 valence electrons. The number of nitrogens with zero attached hydrogens (tertiary/aromatic N) is 5. The Bertz CT molecular complexity index is 1280. The molecule has 1 amide bonds. The molecule has 1 aromatic heterocycles. The van der Waals surface area contributed by atoms with Gasteiger partial charge in [-0.2, -0.15) is 5.10 Å². The minimum absolute atomic E-state index is 0.124. The van der Waals surface area contributed by atoms with Gasteiger partial charge in [0.25, 0.3) is 5.91 Å². The van der Waals surface area contributed by atoms with Crippen LogP contribution in [0.25, 0.3) is 5.69 Å². The zero-order chi connectivity index (χ0) is 26.8. The maximum atomic E-state index is 14.3. The molecule has 38 heavy (non-hydrogen) atoms. The number of aromatic nitrogens is 2. The highest BCUT2D eigenvalue weighted by Crippen LogP contribution is 2.38. The van der Waals surface area contributed by atoms with Crippen molar-refractivity contribution in [2.24, 2.45) is 0 Å². The lowest BCUT2D eigenvalue weighted by Gasteiger charge is -2.36. The summed E-state index contributed by atoms with van der Waals surface area (Å²) in [6.07, 6.45) is 1.90. The zero-order valence-electron chi connectivity index (χ0n) is 22.6. The molecule has 0 atom stereocenters. The van der Waals surface area contributed by atoms with Crippen LogP contribution in [0.2, 0.25) is 0 Å². The molecule has 1 saturated carbocycles. The van der Waals surface area contributed by atoms with Gasteiger partial charge in [-0.15, -0.1) is 0 Å². The summed E-state index contributed by atoms with van der Waals surface area (Å²) in [6, 6.07) is 12.0. The van der Waals surface area contributed by atoms with E-state index in [0.29, 0.717) is 29.3 Å². The summed E-state index contributed by atoms with van der Waals surface area (Å²) in [4.78, 5) is 20.7. The molecule has 2 aromatic carbocycles. The minimum Gasteiger partial charge on any atom is -0.496 e. The van der Waals surface area contributed by atoms with Crippen molar-refractivity contribution in [3.8, 4) is 17.2 Å². The lowest BCUT2D eigenvalue weighted by Crippen LogP contribution is -2.47. The topological polar surface area (TPSA) is 63.1 Å². The van der Waals surface area contributed by atoms with E-state index in [2.05, 4.69) is 16.7 Å². The number of hydrogen-bond acceptors (Lipinski definition) is 6. The Morgan fingerprint density at radius 3 is 2.29 bits per heavy atom. The first-order valence-electron chi connectivity index (χ1n) is 13.3. The Hall–Kier alpha value is -3.59. The highest BCUT2D eigenvalue weighted by atomic mass is 19.1. The largest absolute Gasteiger partial charge is 0.496 e. The molecular formula is C29H36FN5O3. The third-order valence-corrected chi connectivity index (χ3v) is 7.55. The molecule has 1 saturated heterocycles. The Labute approximate surface area is 223 Å². The van der Waals surface area contributed by atoms with E-state index < -0.39 is 0 Å². The van der Waals surface area contributed by atoms with Crippen molar-refractivity contribution in [3.05, 3.63) is 65.1 Å². The number of methoxy groups -OCH3 is 2. The van der Waals surface area contributed by atoms with Gasteiger partial charge in [0.05, 0.1) is 32.1 Å². The summed E-state index contributed by atoms with van der Waals surface area (Å²) in [5.74, 6) is 1.47. The van der Waals surface area contributed by atoms with E-state index in [1.165, 1.54) is 12.1 Å². The molecule has 0 radical (unpaired) electrons. The van der Waals surface area contributed by atoms with E-state index in [1.807, 2.05) is 28.6 Å². The summed E-state index contributed by atoms with van der Waals surface area (Å²) < 4.78 is 27.2. The summed E-state index contributed by atoms with van der Waals surface area (Å²) in [7, 11) is 3.13. The number of carbonyl (C=O) groups is 1. The fraction of sp³-hybridized carbons (Fsp3) is 0.448. The van der Waals surface area contributed by atoms with Crippen LogP contribution >= 0.6 is 0 Å². The Morgan fingerprint density at radius 2 is 1.71 bits per heavy atom. The van der Waals surface area contributed by atoms with Gasteiger partial charge in [0, 0.05) is 37.8 Å². The van der Waals surface area contributed by atoms with Crippen molar-refractivity contribution in [1.29, 1.82) is 0 Å². The normalized spacial score (nSPS) is 16.0. The Kier molecular flexibility index (Phi) is 7.56. The van der Waals surface area contributed by atoms with Crippen molar-refractivity contribution in [2.45, 2.75) is 39.3 Å². The second kappa shape index (κ2) is 11.0. The monoisotopic (exact) mass is 521 g/mol. The molecule has 0 N–H and O–H groups in total. The first-order valence-corrected chi connectivity index (χ1v) is 13.3. The third-order valence-electron chi connectivity index (χ3n) is 7.55. The van der Waals surface area contributed by atoms with Crippen molar-refractivity contribution in [3.63, 3.8) is 0 Å². The fourth-order valence-corrected chi connectivity index (χ4v) is 5.25. The maximum Gasteiger partial charge on any atom is 0.261 e. The van der Waals surface area contributed by atoms with E-state index >= 15 is 0 Å². The molecule has 0 unspecified atom stereocenters. The van der Waals surface area contributed by atoms with Gasteiger partial charge in [-0.3, -0.25) is 4.79 Å². The second-order valence-electron chi connectivity index (χ2n) is 9.90. The molecule has 8 nitrogen and oxygen atoms in total. The van der Waals surface area contributed by atoms with Crippen LogP contribution in [0.1, 0.15) is 41.4 Å². The van der Waals surface area contributed by atoms with Gasteiger partial charge in [-0.1, -0.05) is 19.1 Å². The highest BCUT2D eigenvalue weighted by Gasteiger charge is 2.37. The maximum absolute atomic E-state index is 14.3. The van der Waals surface area contributed by atoms with Crippen molar-refractivity contribution >= 4 is 11.7 Å². The van der Waals surface area contributed by atoms with Crippen LogP contribution in [0.4, 0.5) is 10.2 Å². The standard InChI is InChI=1S/C29H36FN5O3/c1-5-32-14-16-33(17-15-32)28-24(20(2)31-35(28)23-9-6-8-21(30)18-23)19-34(22-12-13-22)29(36)27-25(37-3)10-7-11-26(27)38-4/h6-11,18,22H,5,12-17,19H2,1-4H3. The molecule has 2 heterocycles. The summed E-state index contributed by atoms with van der Waals surface area (Å²) in [5, 5.41) is 4.88. The number of likely N-dealkylation sites (N-methyl/N-ethyl adjacent to an activating group) is 1. The molecule has 1 aliphatic carbocycles. The van der Waals surface area contributed by atoms with Crippen molar-refractivity contribution in [2.75, 3.05) is 51.8 Å². The molecule has 0 spiro atoms. The first-order chi connectivity index (χ1) is 18.4. The number of benzene rings is 2. The number of hydrogen-bond donors (Lipinski definition) is 0.